The van der Waals surface area contributed by atoms with Crippen LogP contribution in [0.2, 0.25) is 0 Å². The van der Waals surface area contributed by atoms with Gasteiger partial charge in [0.05, 0.1) is 5.69 Å². The van der Waals surface area contributed by atoms with Gasteiger partial charge >= 0.3 is 0 Å². The summed E-state index contributed by atoms with van der Waals surface area (Å²) in [5, 5.41) is 7.57. The molecule has 0 spiro atoms. The van der Waals surface area contributed by atoms with Gasteiger partial charge < -0.3 is 9.88 Å². The fraction of sp³-hybridized carbons (Fsp3) is 0.188. The first-order valence-electron chi connectivity index (χ1n) is 7.34. The van der Waals surface area contributed by atoms with E-state index in [9.17, 15) is 9.18 Å². The first-order chi connectivity index (χ1) is 11.6. The molecular weight excluding hydrogens is 329 g/mol. The van der Waals surface area contributed by atoms with Crippen molar-refractivity contribution < 1.29 is 9.18 Å². The van der Waals surface area contributed by atoms with Gasteiger partial charge in [-0.25, -0.2) is 9.37 Å². The Bertz CT molecular complexity index is 831. The van der Waals surface area contributed by atoms with Crippen molar-refractivity contribution in [3.63, 3.8) is 0 Å². The average Bonchev–Trinajstić information content (AvgIpc) is 3.20. The molecule has 6 nitrogen and oxygen atoms in total. The molecule has 1 N–H and O–H groups in total. The molecule has 1 aromatic carbocycles. The molecule has 0 saturated carbocycles. The van der Waals surface area contributed by atoms with E-state index in [2.05, 4.69) is 15.4 Å². The van der Waals surface area contributed by atoms with Crippen molar-refractivity contribution in [3.05, 3.63) is 54.9 Å². The summed E-state index contributed by atoms with van der Waals surface area (Å²) in [7, 11) is 1.88. The summed E-state index contributed by atoms with van der Waals surface area (Å²) in [6, 6.07) is 6.12. The van der Waals surface area contributed by atoms with Crippen LogP contribution in [0, 0.1) is 5.82 Å². The molecule has 124 valence electrons. The van der Waals surface area contributed by atoms with Gasteiger partial charge in [0.2, 0.25) is 5.91 Å². The molecule has 8 heteroatoms. The Labute approximate surface area is 142 Å². The van der Waals surface area contributed by atoms with Crippen molar-refractivity contribution in [1.29, 1.82) is 0 Å². The summed E-state index contributed by atoms with van der Waals surface area (Å²) >= 11 is 1.37. The van der Waals surface area contributed by atoms with Crippen molar-refractivity contribution in [2.24, 2.45) is 7.05 Å². The van der Waals surface area contributed by atoms with Crippen molar-refractivity contribution >= 4 is 23.4 Å². The molecule has 2 heterocycles. The lowest BCUT2D eigenvalue weighted by atomic mass is 10.3. The number of hydrogen-bond acceptors (Lipinski definition) is 4. The summed E-state index contributed by atoms with van der Waals surface area (Å²) < 4.78 is 17.1. The number of amides is 1. The average molecular weight is 345 g/mol. The van der Waals surface area contributed by atoms with E-state index in [0.717, 1.165) is 10.1 Å². The molecule has 3 rings (SSSR count). The summed E-state index contributed by atoms with van der Waals surface area (Å²) in [5.41, 5.74) is 0.438. The van der Waals surface area contributed by atoms with Crippen molar-refractivity contribution in [3.8, 4) is 0 Å². The smallest absolute Gasteiger partial charge is 0.226 e. The van der Waals surface area contributed by atoms with Crippen LogP contribution in [0.25, 0.3) is 0 Å². The number of halogens is 1. The number of aryl methyl sites for hydroxylation is 2. The maximum absolute atomic E-state index is 13.6. The molecular formula is C16H16FN5OS. The third kappa shape index (κ3) is 4.02. The van der Waals surface area contributed by atoms with E-state index in [0.29, 0.717) is 12.2 Å². The molecule has 0 aliphatic heterocycles. The molecule has 24 heavy (non-hydrogen) atoms. The Morgan fingerprint density at radius 3 is 2.92 bits per heavy atom. The SMILES string of the molecule is Cn1ccnc1Sc1ccc(F)cc1NC(=O)CCn1cccn1. The van der Waals surface area contributed by atoms with Crippen LogP contribution >= 0.6 is 11.8 Å². The number of carbonyl (C=O) groups is 1. The van der Waals surface area contributed by atoms with Crippen LogP contribution in [-0.4, -0.2) is 25.2 Å². The zero-order valence-corrected chi connectivity index (χ0v) is 13.8. The fourth-order valence-corrected chi connectivity index (χ4v) is 2.97. The maximum atomic E-state index is 13.6. The highest BCUT2D eigenvalue weighted by atomic mass is 32.2. The Morgan fingerprint density at radius 1 is 1.33 bits per heavy atom. The summed E-state index contributed by atoms with van der Waals surface area (Å²) in [5.74, 6) is -0.598. The largest absolute Gasteiger partial charge is 0.329 e. The van der Waals surface area contributed by atoms with Crippen LogP contribution in [-0.2, 0) is 18.4 Å². The van der Waals surface area contributed by atoms with Gasteiger partial charge in [-0.1, -0.05) is 0 Å². The number of carbonyl (C=O) groups excluding carboxylic acids is 1. The summed E-state index contributed by atoms with van der Waals surface area (Å²) in [6.07, 6.45) is 7.22. The number of benzene rings is 1. The predicted molar refractivity (Wildman–Crippen MR) is 89.2 cm³/mol. The van der Waals surface area contributed by atoms with Gasteiger partial charge in [0.25, 0.3) is 0 Å². The van der Waals surface area contributed by atoms with Crippen LogP contribution in [0.4, 0.5) is 10.1 Å². The predicted octanol–water partition coefficient (Wildman–Crippen LogP) is 2.94. The van der Waals surface area contributed by atoms with Crippen LogP contribution in [0.3, 0.4) is 0 Å². The van der Waals surface area contributed by atoms with Crippen LogP contribution < -0.4 is 5.32 Å². The number of imidazole rings is 1. The summed E-state index contributed by atoms with van der Waals surface area (Å²) in [6.45, 7) is 0.468. The molecule has 3 aromatic rings. The van der Waals surface area contributed by atoms with Gasteiger partial charge in [0, 0.05) is 49.7 Å². The second-order valence-corrected chi connectivity index (χ2v) is 6.14. The Morgan fingerprint density at radius 2 is 2.21 bits per heavy atom. The van der Waals surface area contributed by atoms with Crippen LogP contribution in [0.15, 0.2) is 59.1 Å². The number of nitrogens with one attached hydrogen (secondary N) is 1. The zero-order valence-electron chi connectivity index (χ0n) is 13.0. The minimum absolute atomic E-state index is 0.196. The minimum Gasteiger partial charge on any atom is -0.329 e. The van der Waals surface area contributed by atoms with E-state index in [-0.39, 0.29) is 12.3 Å². The Kier molecular flexibility index (Phi) is 4.95. The Hall–Kier alpha value is -2.61. The van der Waals surface area contributed by atoms with Gasteiger partial charge in [0.1, 0.15) is 5.82 Å². The molecule has 0 aliphatic carbocycles. The lowest BCUT2D eigenvalue weighted by molar-refractivity contribution is -0.116. The third-order valence-electron chi connectivity index (χ3n) is 3.32. The van der Waals surface area contributed by atoms with Gasteiger partial charge in [-0.05, 0) is 36.0 Å². The Balaban J connectivity index is 1.70. The molecule has 0 radical (unpaired) electrons. The third-order valence-corrected chi connectivity index (χ3v) is 4.47. The first-order valence-corrected chi connectivity index (χ1v) is 8.15. The molecule has 0 atom stereocenters. The molecule has 1 amide bonds. The lowest BCUT2D eigenvalue weighted by Gasteiger charge is -2.11. The van der Waals surface area contributed by atoms with Crippen molar-refractivity contribution in [2.75, 3.05) is 5.32 Å². The molecule has 0 saturated heterocycles. The monoisotopic (exact) mass is 345 g/mol. The fourth-order valence-electron chi connectivity index (χ4n) is 2.10. The topological polar surface area (TPSA) is 64.7 Å². The lowest BCUT2D eigenvalue weighted by Crippen LogP contribution is -2.15. The number of hydrogen-bond donors (Lipinski definition) is 1. The second-order valence-electron chi connectivity index (χ2n) is 5.13. The highest BCUT2D eigenvalue weighted by molar-refractivity contribution is 7.99. The minimum atomic E-state index is -0.401. The molecule has 0 aliphatic rings. The molecule has 0 fully saturated rings. The van der Waals surface area contributed by atoms with E-state index in [1.807, 2.05) is 17.8 Å². The first kappa shape index (κ1) is 16.3. The van der Waals surface area contributed by atoms with Gasteiger partial charge in [-0.2, -0.15) is 5.10 Å². The quantitative estimate of drug-likeness (QED) is 0.746. The van der Waals surface area contributed by atoms with E-state index in [1.165, 1.54) is 23.9 Å². The maximum Gasteiger partial charge on any atom is 0.226 e. The number of aromatic nitrogens is 4. The van der Waals surface area contributed by atoms with Crippen molar-refractivity contribution in [2.45, 2.75) is 23.0 Å². The van der Waals surface area contributed by atoms with E-state index < -0.39 is 5.82 Å². The van der Waals surface area contributed by atoms with E-state index in [1.54, 1.807) is 35.4 Å². The molecule has 0 unspecified atom stereocenters. The second kappa shape index (κ2) is 7.31. The highest BCUT2D eigenvalue weighted by Gasteiger charge is 2.12. The van der Waals surface area contributed by atoms with Crippen LogP contribution in [0.1, 0.15) is 6.42 Å². The van der Waals surface area contributed by atoms with Gasteiger partial charge in [-0.15, -0.1) is 0 Å². The van der Waals surface area contributed by atoms with E-state index in [4.69, 9.17) is 0 Å². The van der Waals surface area contributed by atoms with Crippen molar-refractivity contribution in [1.82, 2.24) is 19.3 Å². The van der Waals surface area contributed by atoms with E-state index >= 15 is 0 Å². The number of anilines is 1. The van der Waals surface area contributed by atoms with Gasteiger partial charge in [0.15, 0.2) is 5.16 Å². The number of rotatable bonds is 6. The normalized spacial score (nSPS) is 10.8. The molecule has 0 bridgehead atoms. The summed E-state index contributed by atoms with van der Waals surface area (Å²) in [4.78, 5) is 17.1. The standard InChI is InChI=1S/C16H16FN5OS/c1-21-10-7-18-16(21)24-14-4-3-12(17)11-13(14)20-15(23)5-9-22-8-2-6-19-22/h2-4,6-8,10-11H,5,9H2,1H3,(H,20,23). The van der Waals surface area contributed by atoms with Crippen LogP contribution in [0.5, 0.6) is 0 Å². The zero-order chi connectivity index (χ0) is 16.9. The number of nitrogens with zero attached hydrogens (tertiary/aromatic N) is 4. The molecule has 2 aromatic heterocycles. The highest BCUT2D eigenvalue weighted by Crippen LogP contribution is 2.32. The van der Waals surface area contributed by atoms with Gasteiger partial charge in [-0.3, -0.25) is 9.48 Å².